The predicted molar refractivity (Wildman–Crippen MR) is 92.5 cm³/mol. The molecule has 27 heavy (non-hydrogen) atoms. The van der Waals surface area contributed by atoms with E-state index in [4.69, 9.17) is 9.47 Å². The molecular weight excluding hydrogens is 355 g/mol. The molecule has 142 valence electrons. The lowest BCUT2D eigenvalue weighted by Gasteiger charge is -2.29. The second kappa shape index (κ2) is 7.09. The fourth-order valence-electron chi connectivity index (χ4n) is 2.96. The Kier molecular flexibility index (Phi) is 4.99. The van der Waals surface area contributed by atoms with E-state index in [-0.39, 0.29) is 16.7 Å². The van der Waals surface area contributed by atoms with Crippen LogP contribution in [0.2, 0.25) is 0 Å². The Morgan fingerprint density at radius 2 is 1.78 bits per heavy atom. The van der Waals surface area contributed by atoms with Crippen LogP contribution in [0, 0.1) is 0 Å². The van der Waals surface area contributed by atoms with E-state index in [9.17, 15) is 19.1 Å². The first kappa shape index (κ1) is 19.0. The van der Waals surface area contributed by atoms with Crippen molar-refractivity contribution in [1.29, 1.82) is 0 Å². The molecule has 3 rings (SSSR count). The summed E-state index contributed by atoms with van der Waals surface area (Å²) in [6, 6.07) is 14.1. The monoisotopic (exact) mass is 374 g/mol. The molecule has 3 atom stereocenters. The van der Waals surface area contributed by atoms with Gasteiger partial charge in [0.15, 0.2) is 12.0 Å². The highest BCUT2D eigenvalue weighted by Crippen LogP contribution is 2.47. The average molecular weight is 374 g/mol. The van der Waals surface area contributed by atoms with E-state index in [0.717, 1.165) is 6.92 Å². The van der Waals surface area contributed by atoms with Crippen LogP contribution in [0.1, 0.15) is 39.6 Å². The van der Waals surface area contributed by atoms with Crippen molar-refractivity contribution in [3.05, 3.63) is 71.3 Å². The summed E-state index contributed by atoms with van der Waals surface area (Å²) >= 11 is 0. The Hall–Kier alpha value is -2.77. The second-order valence-electron chi connectivity index (χ2n) is 6.51. The number of rotatable bonds is 4. The molecule has 0 unspecified atom stereocenters. The van der Waals surface area contributed by atoms with Crippen molar-refractivity contribution in [2.75, 3.05) is 7.11 Å². The Bertz CT molecular complexity index is 851. The van der Waals surface area contributed by atoms with Crippen molar-refractivity contribution in [3.8, 4) is 0 Å². The van der Waals surface area contributed by atoms with Gasteiger partial charge in [-0.3, -0.25) is 0 Å². The van der Waals surface area contributed by atoms with Crippen LogP contribution in [0.25, 0.3) is 0 Å². The van der Waals surface area contributed by atoms with Crippen LogP contribution in [-0.2, 0) is 20.0 Å². The van der Waals surface area contributed by atoms with E-state index < -0.39 is 36.1 Å². The Balaban J connectivity index is 2.02. The summed E-state index contributed by atoms with van der Waals surface area (Å²) in [5, 5.41) is 9.98. The minimum Gasteiger partial charge on any atom is -0.465 e. The molecule has 0 aliphatic carbocycles. The average Bonchev–Trinajstić information content (AvgIpc) is 2.91. The van der Waals surface area contributed by atoms with Gasteiger partial charge in [0.2, 0.25) is 5.79 Å². The van der Waals surface area contributed by atoms with Gasteiger partial charge < -0.3 is 19.3 Å². The molecule has 1 heterocycles. The molecule has 0 aromatic heterocycles. The zero-order valence-electron chi connectivity index (χ0n) is 14.8. The van der Waals surface area contributed by atoms with Gasteiger partial charge in [-0.25, -0.2) is 14.0 Å². The van der Waals surface area contributed by atoms with E-state index in [1.807, 2.05) is 0 Å². The molecule has 0 saturated carbocycles. The first-order valence-corrected chi connectivity index (χ1v) is 8.29. The van der Waals surface area contributed by atoms with E-state index in [0.29, 0.717) is 0 Å². The number of esters is 2. The second-order valence-corrected chi connectivity index (χ2v) is 6.51. The van der Waals surface area contributed by atoms with Crippen molar-refractivity contribution in [3.63, 3.8) is 0 Å². The molecule has 1 aliphatic rings. The van der Waals surface area contributed by atoms with Crippen LogP contribution in [0.4, 0.5) is 4.39 Å². The lowest BCUT2D eigenvalue weighted by Crippen LogP contribution is -2.33. The Morgan fingerprint density at radius 1 is 1.11 bits per heavy atom. The van der Waals surface area contributed by atoms with Gasteiger partial charge in [-0.15, -0.1) is 0 Å². The fourth-order valence-corrected chi connectivity index (χ4v) is 2.96. The van der Waals surface area contributed by atoms with Crippen LogP contribution in [-0.4, -0.2) is 36.1 Å². The molecule has 1 saturated heterocycles. The number of carbonyl (C=O) groups excluding carboxylic acids is 2. The number of carbonyl (C=O) groups is 2. The number of aliphatic hydroxyl groups excluding tert-OH is 1. The van der Waals surface area contributed by atoms with E-state index in [2.05, 4.69) is 4.74 Å². The lowest BCUT2D eigenvalue weighted by molar-refractivity contribution is -0.249. The van der Waals surface area contributed by atoms with Crippen LogP contribution >= 0.6 is 0 Å². The van der Waals surface area contributed by atoms with Gasteiger partial charge in [-0.1, -0.05) is 30.3 Å². The van der Waals surface area contributed by atoms with Crippen molar-refractivity contribution in [2.24, 2.45) is 0 Å². The van der Waals surface area contributed by atoms with Crippen LogP contribution in [0.3, 0.4) is 0 Å². The molecule has 2 aromatic carbocycles. The lowest BCUT2D eigenvalue weighted by atomic mass is 9.94. The summed E-state index contributed by atoms with van der Waals surface area (Å²) in [5.74, 6) is -3.24. The third-order valence-electron chi connectivity index (χ3n) is 4.39. The number of hydrogen-bond acceptors (Lipinski definition) is 6. The molecule has 0 radical (unpaired) electrons. The van der Waals surface area contributed by atoms with Gasteiger partial charge >= 0.3 is 11.9 Å². The zero-order valence-corrected chi connectivity index (χ0v) is 14.8. The number of halogens is 1. The highest BCUT2D eigenvalue weighted by Gasteiger charge is 2.57. The number of alkyl halides is 1. The summed E-state index contributed by atoms with van der Waals surface area (Å²) < 4.78 is 30.3. The van der Waals surface area contributed by atoms with Crippen molar-refractivity contribution >= 4 is 11.9 Å². The molecule has 0 spiro atoms. The summed E-state index contributed by atoms with van der Waals surface area (Å²) in [4.78, 5) is 24.4. The van der Waals surface area contributed by atoms with Crippen molar-refractivity contribution in [1.82, 2.24) is 0 Å². The molecule has 1 aliphatic heterocycles. The fraction of sp³-hybridized carbons (Fsp3) is 0.300. The highest BCUT2D eigenvalue weighted by molar-refractivity contribution is 5.90. The van der Waals surface area contributed by atoms with Crippen molar-refractivity contribution in [2.45, 2.75) is 31.1 Å². The van der Waals surface area contributed by atoms with Crippen LogP contribution in [0.5, 0.6) is 0 Å². The van der Waals surface area contributed by atoms with E-state index in [1.165, 1.54) is 31.4 Å². The summed E-state index contributed by atoms with van der Waals surface area (Å²) in [5.41, 5.74) is -1.52. The molecule has 1 N–H and O–H groups in total. The minimum atomic E-state index is -2.15. The number of hydrogen-bond donors (Lipinski definition) is 1. The van der Waals surface area contributed by atoms with E-state index >= 15 is 0 Å². The highest BCUT2D eigenvalue weighted by atomic mass is 19.1. The van der Waals surface area contributed by atoms with Crippen LogP contribution < -0.4 is 0 Å². The van der Waals surface area contributed by atoms with E-state index in [1.54, 1.807) is 30.3 Å². The topological polar surface area (TPSA) is 82.1 Å². The third kappa shape index (κ3) is 3.70. The summed E-state index contributed by atoms with van der Waals surface area (Å²) in [6.07, 6.45) is -2.24. The van der Waals surface area contributed by atoms with Crippen molar-refractivity contribution < 1.29 is 33.3 Å². The molecule has 2 aromatic rings. The molecular formula is C20H19FO6. The first-order chi connectivity index (χ1) is 12.8. The summed E-state index contributed by atoms with van der Waals surface area (Å²) in [7, 11) is 1.23. The molecule has 7 heteroatoms. The van der Waals surface area contributed by atoms with Crippen LogP contribution in [0.15, 0.2) is 54.6 Å². The van der Waals surface area contributed by atoms with Gasteiger partial charge in [0.1, 0.15) is 0 Å². The number of aliphatic hydroxyl groups is 1. The molecule has 6 nitrogen and oxygen atoms in total. The Labute approximate surface area is 155 Å². The summed E-state index contributed by atoms with van der Waals surface area (Å²) in [6.45, 7) is 1.15. The molecule has 0 amide bonds. The Morgan fingerprint density at radius 3 is 2.37 bits per heavy atom. The smallest absolute Gasteiger partial charge is 0.340 e. The predicted octanol–water partition coefficient (Wildman–Crippen LogP) is 2.95. The van der Waals surface area contributed by atoms with Gasteiger partial charge in [0.25, 0.3) is 0 Å². The van der Waals surface area contributed by atoms with Gasteiger partial charge in [-0.05, 0) is 31.2 Å². The minimum absolute atomic E-state index is 0.177. The number of ether oxygens (including phenoxy) is 3. The third-order valence-corrected chi connectivity index (χ3v) is 4.39. The number of methoxy groups -OCH3 is 1. The van der Waals surface area contributed by atoms with Gasteiger partial charge in [0, 0.05) is 5.56 Å². The largest absolute Gasteiger partial charge is 0.465 e. The number of benzene rings is 2. The maximum atomic E-state index is 14.7. The maximum absolute atomic E-state index is 14.7. The maximum Gasteiger partial charge on any atom is 0.340 e. The normalized spacial score (nSPS) is 27.2. The quantitative estimate of drug-likeness (QED) is 0.829. The standard InChI is InChI=1S/C20H19FO6/c1-19(21)12-20(27-18(19)24,26-17(23)13-7-4-3-5-8-13)15-10-6-9-14(11-15)16(22)25-2/h3-11,18,24H,12H2,1-2H3/t18-,19-,20+/m1/s1. The SMILES string of the molecule is COC(=O)c1cccc([C@]2(OC(=O)c3ccccc3)C[C@@](C)(F)[C@H](O)O2)c1. The molecule has 0 bridgehead atoms. The van der Waals surface area contributed by atoms with Gasteiger partial charge in [-0.2, -0.15) is 0 Å². The zero-order chi connectivity index (χ0) is 19.7. The molecule has 1 fully saturated rings. The first-order valence-electron chi connectivity index (χ1n) is 8.29. The van der Waals surface area contributed by atoms with Gasteiger partial charge in [0.05, 0.1) is 24.7 Å².